The largest absolute Gasteiger partial charge is 0.482 e. The van der Waals surface area contributed by atoms with E-state index in [2.05, 4.69) is 61.2 Å². The minimum Gasteiger partial charge on any atom is -0.482 e. The zero-order valence-corrected chi connectivity index (χ0v) is 14.8. The normalized spacial score (nSPS) is 30.7. The Balaban J connectivity index is 1.53. The van der Waals surface area contributed by atoms with Crippen molar-refractivity contribution < 1.29 is 4.74 Å². The molecule has 2 saturated carbocycles. The summed E-state index contributed by atoms with van der Waals surface area (Å²) < 4.78 is 6.63. The van der Waals surface area contributed by atoms with Gasteiger partial charge in [-0.05, 0) is 35.5 Å². The summed E-state index contributed by atoms with van der Waals surface area (Å²) in [6, 6.07) is 19.3. The van der Waals surface area contributed by atoms with E-state index >= 15 is 0 Å². The molecular weight excluding hydrogens is 304 g/mol. The smallest absolute Gasteiger partial charge is 0.141 e. The molecular formula is C24H26O. The molecule has 1 heterocycles. The highest BCUT2D eigenvalue weighted by atomic mass is 16.5. The average molecular weight is 330 g/mol. The van der Waals surface area contributed by atoms with Crippen molar-refractivity contribution in [3.05, 3.63) is 72.3 Å². The first-order valence-corrected chi connectivity index (χ1v) is 9.82. The lowest BCUT2D eigenvalue weighted by Gasteiger charge is -2.54. The van der Waals surface area contributed by atoms with Crippen molar-refractivity contribution >= 4 is 5.57 Å². The highest BCUT2D eigenvalue weighted by molar-refractivity contribution is 5.76. The van der Waals surface area contributed by atoms with E-state index in [1.807, 2.05) is 0 Å². The molecule has 3 aliphatic rings. The van der Waals surface area contributed by atoms with Crippen LogP contribution in [0.5, 0.6) is 5.75 Å². The van der Waals surface area contributed by atoms with E-state index in [1.165, 1.54) is 48.8 Å². The Bertz CT molecular complexity index is 787. The molecule has 2 fully saturated rings. The number of ether oxygens (including phenoxy) is 1. The molecule has 2 aromatic rings. The van der Waals surface area contributed by atoms with Gasteiger partial charge in [0.2, 0.25) is 0 Å². The molecule has 2 aromatic carbocycles. The molecule has 0 radical (unpaired) electrons. The summed E-state index contributed by atoms with van der Waals surface area (Å²) >= 11 is 0. The third-order valence-electron chi connectivity index (χ3n) is 6.90. The average Bonchev–Trinajstić information content (AvgIpc) is 2.92. The number of fused-ring (bicyclic) bond motifs is 3. The zero-order valence-electron chi connectivity index (χ0n) is 14.8. The number of benzene rings is 2. The molecule has 1 aliphatic heterocycles. The van der Waals surface area contributed by atoms with Crippen molar-refractivity contribution in [2.45, 2.75) is 50.0 Å². The second kappa shape index (κ2) is 5.76. The van der Waals surface area contributed by atoms with Crippen LogP contribution < -0.4 is 4.74 Å². The fourth-order valence-electron chi connectivity index (χ4n) is 5.65. The molecule has 0 amide bonds. The quantitative estimate of drug-likeness (QED) is 0.649. The van der Waals surface area contributed by atoms with Crippen LogP contribution in [0, 0.1) is 11.8 Å². The van der Waals surface area contributed by atoms with Crippen molar-refractivity contribution in [1.82, 2.24) is 0 Å². The highest BCUT2D eigenvalue weighted by Crippen LogP contribution is 2.66. The molecule has 0 unspecified atom stereocenters. The second-order valence-electron chi connectivity index (χ2n) is 8.12. The zero-order chi connectivity index (χ0) is 16.9. The Morgan fingerprint density at radius 3 is 2.44 bits per heavy atom. The first-order valence-electron chi connectivity index (χ1n) is 9.82. The third-order valence-corrected chi connectivity index (χ3v) is 6.90. The Hall–Kier alpha value is -2.02. The molecule has 128 valence electrons. The third kappa shape index (κ3) is 2.21. The van der Waals surface area contributed by atoms with Gasteiger partial charge in [0.15, 0.2) is 0 Å². The Kier molecular flexibility index (Phi) is 3.51. The maximum Gasteiger partial charge on any atom is 0.141 e. The number of rotatable bonds is 3. The lowest BCUT2D eigenvalue weighted by Crippen LogP contribution is -2.55. The lowest BCUT2D eigenvalue weighted by molar-refractivity contribution is -0.0342. The Labute approximate surface area is 150 Å². The lowest BCUT2D eigenvalue weighted by atomic mass is 9.51. The minimum absolute atomic E-state index is 0.215. The summed E-state index contributed by atoms with van der Waals surface area (Å²) in [5.41, 5.74) is 3.60. The van der Waals surface area contributed by atoms with E-state index in [0.29, 0.717) is 5.92 Å². The van der Waals surface area contributed by atoms with Gasteiger partial charge in [0, 0.05) is 11.5 Å². The van der Waals surface area contributed by atoms with Crippen LogP contribution in [0.3, 0.4) is 0 Å². The topological polar surface area (TPSA) is 9.23 Å². The Morgan fingerprint density at radius 2 is 1.64 bits per heavy atom. The van der Waals surface area contributed by atoms with Crippen LogP contribution in [0.1, 0.15) is 55.6 Å². The van der Waals surface area contributed by atoms with Gasteiger partial charge in [-0.3, -0.25) is 0 Å². The Morgan fingerprint density at radius 1 is 0.920 bits per heavy atom. The first-order chi connectivity index (χ1) is 12.3. The molecule has 0 saturated heterocycles. The van der Waals surface area contributed by atoms with Crippen LogP contribution in [0.4, 0.5) is 0 Å². The predicted octanol–water partition coefficient (Wildman–Crippen LogP) is 6.22. The van der Waals surface area contributed by atoms with Gasteiger partial charge < -0.3 is 4.74 Å². The van der Waals surface area contributed by atoms with Crippen LogP contribution in [0.25, 0.3) is 5.57 Å². The van der Waals surface area contributed by atoms with Gasteiger partial charge in [-0.1, -0.05) is 87.2 Å². The number of hydrogen-bond donors (Lipinski definition) is 0. The molecule has 3 atom stereocenters. The standard InChI is InChI=1S/C24H26O/c1-17(18-10-4-2-5-11-18)24-16-21(19-12-6-3-7-13-19)23(24)20-14-8-9-15-22(20)25-24/h2,4-5,8-11,14-15,19,21,23H,1,3,6-7,12-13,16H2/t21-,23-,24-/m1/s1. The van der Waals surface area contributed by atoms with E-state index in [-0.39, 0.29) is 5.60 Å². The van der Waals surface area contributed by atoms with Crippen molar-refractivity contribution in [2.24, 2.45) is 11.8 Å². The van der Waals surface area contributed by atoms with Crippen molar-refractivity contribution in [2.75, 3.05) is 0 Å². The van der Waals surface area contributed by atoms with Gasteiger partial charge in [-0.25, -0.2) is 0 Å². The maximum absolute atomic E-state index is 6.63. The second-order valence-corrected chi connectivity index (χ2v) is 8.12. The fourth-order valence-corrected chi connectivity index (χ4v) is 5.65. The van der Waals surface area contributed by atoms with Crippen molar-refractivity contribution in [3.8, 4) is 5.75 Å². The van der Waals surface area contributed by atoms with Gasteiger partial charge in [0.05, 0.1) is 0 Å². The van der Waals surface area contributed by atoms with Crippen LogP contribution in [0.15, 0.2) is 61.2 Å². The molecule has 0 spiro atoms. The highest BCUT2D eigenvalue weighted by Gasteiger charge is 2.63. The SMILES string of the molecule is C=C(c1ccccc1)[C@]12C[C@H](C3CCCCC3)[C@H]1c1ccccc1O2. The van der Waals surface area contributed by atoms with Crippen LogP contribution >= 0.6 is 0 Å². The predicted molar refractivity (Wildman–Crippen MR) is 103 cm³/mol. The molecule has 25 heavy (non-hydrogen) atoms. The van der Waals surface area contributed by atoms with E-state index in [9.17, 15) is 0 Å². The van der Waals surface area contributed by atoms with Crippen LogP contribution in [-0.2, 0) is 0 Å². The summed E-state index contributed by atoms with van der Waals surface area (Å²) in [7, 11) is 0. The summed E-state index contributed by atoms with van der Waals surface area (Å²) in [4.78, 5) is 0. The van der Waals surface area contributed by atoms with Gasteiger partial charge in [-0.2, -0.15) is 0 Å². The number of para-hydroxylation sites is 1. The van der Waals surface area contributed by atoms with E-state index in [4.69, 9.17) is 4.74 Å². The molecule has 0 N–H and O–H groups in total. The van der Waals surface area contributed by atoms with Crippen molar-refractivity contribution in [3.63, 3.8) is 0 Å². The minimum atomic E-state index is -0.215. The molecule has 1 nitrogen and oxygen atoms in total. The van der Waals surface area contributed by atoms with Crippen LogP contribution in [0.2, 0.25) is 0 Å². The van der Waals surface area contributed by atoms with Crippen LogP contribution in [-0.4, -0.2) is 5.60 Å². The van der Waals surface area contributed by atoms with Gasteiger partial charge in [0.1, 0.15) is 11.4 Å². The fraction of sp³-hybridized carbons (Fsp3) is 0.417. The molecule has 5 rings (SSSR count). The molecule has 2 aliphatic carbocycles. The van der Waals surface area contributed by atoms with E-state index < -0.39 is 0 Å². The van der Waals surface area contributed by atoms with Gasteiger partial charge in [0.25, 0.3) is 0 Å². The monoisotopic (exact) mass is 330 g/mol. The molecule has 0 aromatic heterocycles. The maximum atomic E-state index is 6.63. The van der Waals surface area contributed by atoms with Crippen molar-refractivity contribution in [1.29, 1.82) is 0 Å². The summed E-state index contributed by atoms with van der Waals surface area (Å²) in [5, 5.41) is 0. The van der Waals surface area contributed by atoms with Gasteiger partial charge >= 0.3 is 0 Å². The molecule has 1 heteroatoms. The summed E-state index contributed by atoms with van der Waals surface area (Å²) in [6.45, 7) is 4.52. The first kappa shape index (κ1) is 15.3. The molecule has 0 bridgehead atoms. The van der Waals surface area contributed by atoms with E-state index in [1.54, 1.807) is 0 Å². The summed E-state index contributed by atoms with van der Waals surface area (Å²) in [6.07, 6.45) is 8.16. The van der Waals surface area contributed by atoms with E-state index in [0.717, 1.165) is 24.0 Å². The number of hydrogen-bond acceptors (Lipinski definition) is 1. The van der Waals surface area contributed by atoms with Gasteiger partial charge in [-0.15, -0.1) is 0 Å². The summed E-state index contributed by atoms with van der Waals surface area (Å²) in [5.74, 6) is 3.19.